The van der Waals surface area contributed by atoms with Gasteiger partial charge in [0.1, 0.15) is 5.82 Å². The third-order valence-electron chi connectivity index (χ3n) is 3.90. The predicted octanol–water partition coefficient (Wildman–Crippen LogP) is 3.30. The Labute approximate surface area is 133 Å². The first-order valence-electron chi connectivity index (χ1n) is 7.62. The van der Waals surface area contributed by atoms with Crippen molar-refractivity contribution in [3.8, 4) is 0 Å². The molecule has 3 aromatic rings. The summed E-state index contributed by atoms with van der Waals surface area (Å²) < 4.78 is 13.2. The summed E-state index contributed by atoms with van der Waals surface area (Å²) in [7, 11) is 0. The van der Waals surface area contributed by atoms with E-state index in [1.54, 1.807) is 18.5 Å². The summed E-state index contributed by atoms with van der Waals surface area (Å²) in [5, 5.41) is 3.80. The molecule has 4 nitrogen and oxygen atoms in total. The number of nitrogens with zero attached hydrogens (tertiary/aromatic N) is 1. The normalized spacial score (nSPS) is 12.4. The molecule has 0 aliphatic heterocycles. The molecular weight excluding hydrogens is 293 g/mol. The van der Waals surface area contributed by atoms with Crippen molar-refractivity contribution in [2.45, 2.75) is 25.9 Å². The molecule has 1 atom stereocenters. The van der Waals surface area contributed by atoms with Crippen LogP contribution in [0.2, 0.25) is 0 Å². The van der Waals surface area contributed by atoms with Crippen molar-refractivity contribution in [1.29, 1.82) is 0 Å². The minimum Gasteiger partial charge on any atom is -0.357 e. The summed E-state index contributed by atoms with van der Waals surface area (Å²) >= 11 is 0. The van der Waals surface area contributed by atoms with Crippen LogP contribution >= 0.6 is 0 Å². The summed E-state index contributed by atoms with van der Waals surface area (Å²) in [6.07, 6.45) is 4.46. The molecule has 0 radical (unpaired) electrons. The zero-order valence-corrected chi connectivity index (χ0v) is 12.8. The van der Waals surface area contributed by atoms with E-state index in [4.69, 9.17) is 0 Å². The van der Waals surface area contributed by atoms with Gasteiger partial charge in [-0.2, -0.15) is 0 Å². The minimum atomic E-state index is -0.405. The van der Waals surface area contributed by atoms with Crippen LogP contribution in [-0.4, -0.2) is 9.97 Å². The predicted molar refractivity (Wildman–Crippen MR) is 88.6 cm³/mol. The van der Waals surface area contributed by atoms with E-state index in [1.165, 1.54) is 18.2 Å². The zero-order valence-electron chi connectivity index (χ0n) is 12.8. The van der Waals surface area contributed by atoms with Gasteiger partial charge in [0.05, 0.1) is 0 Å². The monoisotopic (exact) mass is 311 g/mol. The van der Waals surface area contributed by atoms with Crippen molar-refractivity contribution in [3.63, 3.8) is 0 Å². The first-order chi connectivity index (χ1) is 11.2. The van der Waals surface area contributed by atoms with Crippen LogP contribution in [0.1, 0.15) is 30.6 Å². The molecule has 118 valence electrons. The number of hydrogen-bond acceptors (Lipinski definition) is 3. The van der Waals surface area contributed by atoms with Gasteiger partial charge in [0.25, 0.3) is 0 Å². The van der Waals surface area contributed by atoms with Crippen molar-refractivity contribution in [3.05, 3.63) is 76.1 Å². The molecule has 0 aliphatic carbocycles. The molecule has 0 aliphatic rings. The first kappa shape index (κ1) is 15.4. The van der Waals surface area contributed by atoms with Crippen LogP contribution in [0.15, 0.2) is 53.6 Å². The van der Waals surface area contributed by atoms with Crippen molar-refractivity contribution in [1.82, 2.24) is 15.3 Å². The van der Waals surface area contributed by atoms with E-state index in [1.807, 2.05) is 12.1 Å². The molecule has 0 bridgehead atoms. The molecule has 1 aromatic carbocycles. The van der Waals surface area contributed by atoms with Crippen molar-refractivity contribution in [2.75, 3.05) is 0 Å². The maximum absolute atomic E-state index is 13.2. The van der Waals surface area contributed by atoms with Crippen LogP contribution in [0.5, 0.6) is 0 Å². The SMILES string of the molecule is CC[C@H](NCc1cc(=O)c2cc(F)ccc2[nH]1)c1ccncc1. The number of nitrogens with one attached hydrogen (secondary N) is 2. The molecular formula is C18H18FN3O. The van der Waals surface area contributed by atoms with E-state index in [0.29, 0.717) is 17.4 Å². The Morgan fingerprint density at radius 3 is 2.74 bits per heavy atom. The lowest BCUT2D eigenvalue weighted by Gasteiger charge is -2.17. The lowest BCUT2D eigenvalue weighted by atomic mass is 10.1. The fourth-order valence-electron chi connectivity index (χ4n) is 2.70. The number of fused-ring (bicyclic) bond motifs is 1. The van der Waals surface area contributed by atoms with Gasteiger partial charge in [-0.05, 0) is 42.3 Å². The van der Waals surface area contributed by atoms with Crippen LogP contribution in [0, 0.1) is 5.82 Å². The van der Waals surface area contributed by atoms with Crippen LogP contribution < -0.4 is 10.7 Å². The standard InChI is InChI=1S/C18H18FN3O/c1-2-16(12-5-7-20-8-6-12)21-11-14-10-18(23)15-9-13(19)3-4-17(15)22-14/h3-10,16,21H,2,11H2,1H3,(H,22,23)/t16-/m0/s1. The third kappa shape index (κ3) is 3.46. The van der Waals surface area contributed by atoms with Gasteiger partial charge in [-0.15, -0.1) is 0 Å². The van der Waals surface area contributed by atoms with Gasteiger partial charge in [-0.3, -0.25) is 9.78 Å². The molecule has 5 heteroatoms. The lowest BCUT2D eigenvalue weighted by Crippen LogP contribution is -2.22. The van der Waals surface area contributed by atoms with Gasteiger partial charge in [-0.1, -0.05) is 6.92 Å². The number of hydrogen-bond donors (Lipinski definition) is 2. The summed E-state index contributed by atoms with van der Waals surface area (Å²) in [4.78, 5) is 19.3. The van der Waals surface area contributed by atoms with Crippen LogP contribution in [-0.2, 0) is 6.54 Å². The molecule has 3 rings (SSSR count). The fourth-order valence-corrected chi connectivity index (χ4v) is 2.70. The highest BCUT2D eigenvalue weighted by Crippen LogP contribution is 2.16. The first-order valence-corrected chi connectivity index (χ1v) is 7.62. The Kier molecular flexibility index (Phi) is 4.48. The lowest BCUT2D eigenvalue weighted by molar-refractivity contribution is 0.514. The Morgan fingerprint density at radius 2 is 2.00 bits per heavy atom. The number of rotatable bonds is 5. The van der Waals surface area contributed by atoms with E-state index in [2.05, 4.69) is 22.2 Å². The molecule has 0 spiro atoms. The van der Waals surface area contributed by atoms with E-state index >= 15 is 0 Å². The maximum Gasteiger partial charge on any atom is 0.189 e. The quantitative estimate of drug-likeness (QED) is 0.760. The number of H-pyrrole nitrogens is 1. The smallest absolute Gasteiger partial charge is 0.189 e. The van der Waals surface area contributed by atoms with Crippen molar-refractivity contribution < 1.29 is 4.39 Å². The van der Waals surface area contributed by atoms with Gasteiger partial charge in [-0.25, -0.2) is 4.39 Å². The fraction of sp³-hybridized carbons (Fsp3) is 0.222. The Bertz CT molecular complexity index is 861. The second kappa shape index (κ2) is 6.71. The molecule has 0 fully saturated rings. The molecule has 0 unspecified atom stereocenters. The Balaban J connectivity index is 1.81. The van der Waals surface area contributed by atoms with Gasteiger partial charge < -0.3 is 10.3 Å². The van der Waals surface area contributed by atoms with Gasteiger partial charge >= 0.3 is 0 Å². The summed E-state index contributed by atoms with van der Waals surface area (Å²) in [6, 6.07) is 9.87. The molecule has 2 N–H and O–H groups in total. The van der Waals surface area contributed by atoms with Crippen LogP contribution in [0.25, 0.3) is 10.9 Å². The molecule has 23 heavy (non-hydrogen) atoms. The number of pyridine rings is 2. The van der Waals surface area contributed by atoms with E-state index in [0.717, 1.165) is 17.7 Å². The summed E-state index contributed by atoms with van der Waals surface area (Å²) in [5.41, 5.74) is 2.41. The average Bonchev–Trinajstić information content (AvgIpc) is 2.57. The van der Waals surface area contributed by atoms with Crippen LogP contribution in [0.4, 0.5) is 4.39 Å². The molecule has 2 heterocycles. The minimum absolute atomic E-state index is 0.174. The highest BCUT2D eigenvalue weighted by atomic mass is 19.1. The number of halogens is 1. The van der Waals surface area contributed by atoms with Gasteiger partial charge in [0, 0.05) is 47.6 Å². The van der Waals surface area contributed by atoms with Crippen molar-refractivity contribution >= 4 is 10.9 Å². The average molecular weight is 311 g/mol. The number of aromatic amines is 1. The van der Waals surface area contributed by atoms with E-state index < -0.39 is 5.82 Å². The Hall–Kier alpha value is -2.53. The summed E-state index contributed by atoms with van der Waals surface area (Å²) in [6.45, 7) is 2.63. The summed E-state index contributed by atoms with van der Waals surface area (Å²) in [5.74, 6) is -0.405. The van der Waals surface area contributed by atoms with Gasteiger partial charge in [0.15, 0.2) is 5.43 Å². The molecule has 0 amide bonds. The highest BCUT2D eigenvalue weighted by Gasteiger charge is 2.09. The largest absolute Gasteiger partial charge is 0.357 e. The van der Waals surface area contributed by atoms with E-state index in [9.17, 15) is 9.18 Å². The number of benzene rings is 1. The topological polar surface area (TPSA) is 57.8 Å². The second-order valence-electron chi connectivity index (χ2n) is 5.47. The molecule has 2 aromatic heterocycles. The third-order valence-corrected chi connectivity index (χ3v) is 3.90. The molecule has 0 saturated heterocycles. The molecule has 0 saturated carbocycles. The van der Waals surface area contributed by atoms with Gasteiger partial charge in [0.2, 0.25) is 0 Å². The van der Waals surface area contributed by atoms with Crippen molar-refractivity contribution in [2.24, 2.45) is 0 Å². The zero-order chi connectivity index (χ0) is 16.2. The second-order valence-corrected chi connectivity index (χ2v) is 5.47. The maximum atomic E-state index is 13.2. The highest BCUT2D eigenvalue weighted by molar-refractivity contribution is 5.78. The number of aromatic nitrogens is 2. The Morgan fingerprint density at radius 1 is 1.22 bits per heavy atom. The van der Waals surface area contributed by atoms with E-state index in [-0.39, 0.29) is 11.5 Å². The van der Waals surface area contributed by atoms with Crippen LogP contribution in [0.3, 0.4) is 0 Å².